The Morgan fingerprint density at radius 3 is 2.39 bits per heavy atom. The summed E-state index contributed by atoms with van der Waals surface area (Å²) in [7, 11) is 0. The summed E-state index contributed by atoms with van der Waals surface area (Å²) >= 11 is 0. The number of urea groups is 1. The van der Waals surface area contributed by atoms with Crippen molar-refractivity contribution in [3.63, 3.8) is 0 Å². The van der Waals surface area contributed by atoms with E-state index in [0.29, 0.717) is 11.1 Å². The smallest absolute Gasteiger partial charge is 0.334 e. The highest BCUT2D eigenvalue weighted by Crippen LogP contribution is 2.31. The van der Waals surface area contributed by atoms with E-state index in [9.17, 15) is 34.7 Å². The molecule has 0 unspecified atom stereocenters. The molecule has 228 valence electrons. The number of hydrogen-bond donors (Lipinski definition) is 3. The predicted octanol–water partition coefficient (Wildman–Crippen LogP) is 2.74. The first-order valence-corrected chi connectivity index (χ1v) is 14.0. The van der Waals surface area contributed by atoms with Gasteiger partial charge in [0.05, 0.1) is 18.0 Å². The number of phenols is 2. The summed E-state index contributed by atoms with van der Waals surface area (Å²) in [5.41, 5.74) is 1.54. The van der Waals surface area contributed by atoms with Crippen LogP contribution in [-0.2, 0) is 29.1 Å². The van der Waals surface area contributed by atoms with Gasteiger partial charge in [-0.1, -0.05) is 54.6 Å². The number of nitrogens with zero attached hydrogens (tertiary/aromatic N) is 5. The first-order chi connectivity index (χ1) is 21.2. The van der Waals surface area contributed by atoms with Crippen molar-refractivity contribution in [2.24, 2.45) is 0 Å². The lowest BCUT2D eigenvalue weighted by atomic mass is 9.98. The van der Waals surface area contributed by atoms with E-state index < -0.39 is 34.6 Å². The van der Waals surface area contributed by atoms with Crippen LogP contribution in [0.15, 0.2) is 85.5 Å². The van der Waals surface area contributed by atoms with Crippen LogP contribution in [0.4, 0.5) is 10.5 Å². The van der Waals surface area contributed by atoms with Crippen molar-refractivity contribution in [2.45, 2.75) is 31.7 Å². The largest absolute Gasteiger partial charge is 0.508 e. The number of carbonyl (C=O) groups excluding carboxylic acids is 3. The zero-order valence-corrected chi connectivity index (χ0v) is 23.8. The van der Waals surface area contributed by atoms with Crippen LogP contribution in [0.5, 0.6) is 11.5 Å². The molecule has 2 aliphatic heterocycles. The summed E-state index contributed by atoms with van der Waals surface area (Å²) in [6.45, 7) is 3.97. The zero-order valence-electron chi connectivity index (χ0n) is 23.8. The topological polar surface area (TPSA) is 160 Å². The lowest BCUT2D eigenvalue weighted by molar-refractivity contribution is -0.385. The van der Waals surface area contributed by atoms with Gasteiger partial charge in [0.2, 0.25) is 11.8 Å². The first kappa shape index (κ1) is 30.0. The van der Waals surface area contributed by atoms with Crippen LogP contribution in [0.2, 0.25) is 0 Å². The van der Waals surface area contributed by atoms with E-state index in [1.54, 1.807) is 23.2 Å². The van der Waals surface area contributed by atoms with Gasteiger partial charge in [-0.05, 0) is 34.9 Å². The van der Waals surface area contributed by atoms with E-state index in [1.165, 1.54) is 45.1 Å². The molecule has 0 aromatic heterocycles. The molecule has 3 aromatic carbocycles. The Morgan fingerprint density at radius 1 is 1.02 bits per heavy atom. The van der Waals surface area contributed by atoms with Gasteiger partial charge in [0.25, 0.3) is 0 Å². The summed E-state index contributed by atoms with van der Waals surface area (Å²) in [5.74, 6) is -1.21. The van der Waals surface area contributed by atoms with Crippen LogP contribution in [0.1, 0.15) is 16.7 Å². The standard InChI is InChI=1S/C31H32N6O7/c1-2-14-34-20-29(40)35-26(15-21-8-11-24(38)12-9-21)30(41)33(18-23-10-13-25(37(43)44)27(39)16-23)19-28(35)36(34)31(42)32-17-22-6-4-3-5-7-22/h2-13,16,26,28,38-39H,1,14-15,17-20H2,(H,32,42)/t26-,28-/m0/s1. The molecule has 3 aromatic rings. The van der Waals surface area contributed by atoms with E-state index in [1.807, 2.05) is 30.3 Å². The number of hydrazine groups is 1. The molecular weight excluding hydrogens is 568 g/mol. The minimum Gasteiger partial charge on any atom is -0.508 e. The van der Waals surface area contributed by atoms with Crippen molar-refractivity contribution in [2.75, 3.05) is 19.6 Å². The number of hydrogen-bond acceptors (Lipinski definition) is 8. The third-order valence-electron chi connectivity index (χ3n) is 7.64. The third kappa shape index (κ3) is 6.32. The first-order valence-electron chi connectivity index (χ1n) is 14.0. The molecule has 2 fully saturated rings. The highest BCUT2D eigenvalue weighted by molar-refractivity contribution is 5.91. The fourth-order valence-corrected chi connectivity index (χ4v) is 5.60. The van der Waals surface area contributed by atoms with Crippen molar-refractivity contribution in [3.8, 4) is 11.5 Å². The van der Waals surface area contributed by atoms with E-state index in [0.717, 1.165) is 5.56 Å². The molecule has 0 spiro atoms. The molecule has 3 N–H and O–H groups in total. The molecule has 13 heteroatoms. The number of rotatable bonds is 9. The maximum Gasteiger partial charge on any atom is 0.334 e. The lowest BCUT2D eigenvalue weighted by Crippen LogP contribution is -2.76. The van der Waals surface area contributed by atoms with Gasteiger partial charge in [-0.2, -0.15) is 0 Å². The third-order valence-corrected chi connectivity index (χ3v) is 7.64. The van der Waals surface area contributed by atoms with Crippen LogP contribution in [0, 0.1) is 10.1 Å². The highest BCUT2D eigenvalue weighted by atomic mass is 16.6. The summed E-state index contributed by atoms with van der Waals surface area (Å²) in [4.78, 5) is 54.9. The Labute approximate surface area is 253 Å². The quantitative estimate of drug-likeness (QED) is 0.192. The number of benzene rings is 3. The Kier molecular flexibility index (Phi) is 8.76. The predicted molar refractivity (Wildman–Crippen MR) is 159 cm³/mol. The lowest BCUT2D eigenvalue weighted by Gasteiger charge is -2.55. The summed E-state index contributed by atoms with van der Waals surface area (Å²) in [6, 6.07) is 18.0. The van der Waals surface area contributed by atoms with Crippen LogP contribution < -0.4 is 5.32 Å². The summed E-state index contributed by atoms with van der Waals surface area (Å²) < 4.78 is 0. The van der Waals surface area contributed by atoms with Gasteiger partial charge in [0.15, 0.2) is 5.75 Å². The fourth-order valence-electron chi connectivity index (χ4n) is 5.60. The Morgan fingerprint density at radius 2 is 1.73 bits per heavy atom. The Balaban J connectivity index is 1.50. The molecule has 2 atom stereocenters. The second kappa shape index (κ2) is 12.8. The number of nitrogens with one attached hydrogen (secondary N) is 1. The molecule has 0 radical (unpaired) electrons. The van der Waals surface area contributed by atoms with Crippen molar-refractivity contribution < 1.29 is 29.5 Å². The van der Waals surface area contributed by atoms with Gasteiger partial charge in [-0.15, -0.1) is 6.58 Å². The normalized spacial score (nSPS) is 18.6. The van der Waals surface area contributed by atoms with E-state index in [-0.39, 0.29) is 56.7 Å². The van der Waals surface area contributed by atoms with Gasteiger partial charge in [-0.3, -0.25) is 19.7 Å². The number of carbonyl (C=O) groups is 3. The number of nitro benzene ring substituents is 1. The Hall–Kier alpha value is -5.43. The monoisotopic (exact) mass is 600 g/mol. The van der Waals surface area contributed by atoms with Gasteiger partial charge >= 0.3 is 11.7 Å². The SMILES string of the molecule is C=CCN1CC(=O)N2[C@@H](Cc3ccc(O)cc3)C(=O)N(Cc3ccc([N+](=O)[O-])c(O)c3)C[C@@H]2N1C(=O)NCc1ccccc1. The van der Waals surface area contributed by atoms with Crippen molar-refractivity contribution >= 4 is 23.5 Å². The van der Waals surface area contributed by atoms with E-state index in [4.69, 9.17) is 0 Å². The van der Waals surface area contributed by atoms with Crippen LogP contribution >= 0.6 is 0 Å². The van der Waals surface area contributed by atoms with Crippen molar-refractivity contribution in [3.05, 3.63) is 112 Å². The zero-order chi connectivity index (χ0) is 31.4. The highest BCUT2D eigenvalue weighted by Gasteiger charge is 2.51. The average Bonchev–Trinajstić information content (AvgIpc) is 2.99. The van der Waals surface area contributed by atoms with Crippen LogP contribution in [0.3, 0.4) is 0 Å². The number of aromatic hydroxyl groups is 2. The minimum absolute atomic E-state index is 0.0318. The van der Waals surface area contributed by atoms with E-state index >= 15 is 0 Å². The average molecular weight is 601 g/mol. The van der Waals surface area contributed by atoms with Crippen LogP contribution in [-0.4, -0.2) is 84.6 Å². The molecule has 2 aliphatic rings. The van der Waals surface area contributed by atoms with Crippen molar-refractivity contribution in [1.29, 1.82) is 0 Å². The number of amides is 4. The molecular formula is C31H32N6O7. The molecule has 2 saturated heterocycles. The maximum absolute atomic E-state index is 14.0. The minimum atomic E-state index is -0.993. The molecule has 2 heterocycles. The van der Waals surface area contributed by atoms with Crippen molar-refractivity contribution in [1.82, 2.24) is 25.1 Å². The Bertz CT molecular complexity index is 1570. The summed E-state index contributed by atoms with van der Waals surface area (Å²) in [5, 5.41) is 37.1. The number of fused-ring (bicyclic) bond motifs is 1. The summed E-state index contributed by atoms with van der Waals surface area (Å²) in [6.07, 6.45) is 0.808. The second-order valence-corrected chi connectivity index (χ2v) is 10.6. The number of piperazine rings is 1. The van der Waals surface area contributed by atoms with E-state index in [2.05, 4.69) is 11.9 Å². The van der Waals surface area contributed by atoms with Crippen LogP contribution in [0.25, 0.3) is 0 Å². The molecule has 0 aliphatic carbocycles. The fraction of sp³-hybridized carbons (Fsp3) is 0.258. The molecule has 0 bridgehead atoms. The molecule has 13 nitrogen and oxygen atoms in total. The molecule has 5 rings (SSSR count). The number of phenolic OH excluding ortho intramolecular Hbond substituents is 2. The molecule has 4 amide bonds. The maximum atomic E-state index is 14.0. The van der Waals surface area contributed by atoms with Gasteiger partial charge in [0, 0.05) is 32.1 Å². The second-order valence-electron chi connectivity index (χ2n) is 10.6. The molecule has 44 heavy (non-hydrogen) atoms. The molecule has 0 saturated carbocycles. The van der Waals surface area contributed by atoms with Gasteiger partial charge in [-0.25, -0.2) is 14.8 Å². The number of nitro groups is 1. The van der Waals surface area contributed by atoms with Gasteiger partial charge in [0.1, 0.15) is 18.0 Å². The van der Waals surface area contributed by atoms with Gasteiger partial charge < -0.3 is 25.3 Å².